The van der Waals surface area contributed by atoms with Crippen LogP contribution in [0.3, 0.4) is 0 Å². The standard InChI is InChI=1S/C4H4O3S2.Na/c5-9(6,7)4-2-1-3-8-4;/h1-3H,(H,5,6,7);. The van der Waals surface area contributed by atoms with Crippen LogP contribution in [0.15, 0.2) is 21.7 Å². The first-order valence-electron chi connectivity index (χ1n) is 2.12. The van der Waals surface area contributed by atoms with Gasteiger partial charge in [0.1, 0.15) is 4.21 Å². The van der Waals surface area contributed by atoms with E-state index in [0.29, 0.717) is 0 Å². The SMILES string of the molecule is O=S(=O)(O)c1cccs1.[Na]. The third kappa shape index (κ3) is 2.69. The maximum absolute atomic E-state index is 10.3. The molecule has 3 nitrogen and oxygen atoms in total. The molecule has 0 aliphatic carbocycles. The quantitative estimate of drug-likeness (QED) is 0.517. The molecule has 51 valence electrons. The molecule has 0 bridgehead atoms. The molecular weight excluding hydrogens is 183 g/mol. The summed E-state index contributed by atoms with van der Waals surface area (Å²) in [6.45, 7) is 0. The van der Waals surface area contributed by atoms with E-state index in [0.717, 1.165) is 11.3 Å². The molecule has 0 unspecified atom stereocenters. The van der Waals surface area contributed by atoms with Crippen molar-refractivity contribution >= 4 is 51.0 Å². The molecule has 0 aromatic carbocycles. The minimum atomic E-state index is -3.94. The van der Waals surface area contributed by atoms with Crippen molar-refractivity contribution < 1.29 is 13.0 Å². The Morgan fingerprint density at radius 2 is 2.10 bits per heavy atom. The van der Waals surface area contributed by atoms with Crippen LogP contribution in [0.1, 0.15) is 0 Å². The van der Waals surface area contributed by atoms with Crippen LogP contribution in [0.4, 0.5) is 0 Å². The molecule has 0 saturated heterocycles. The minimum absolute atomic E-state index is 0. The van der Waals surface area contributed by atoms with Crippen molar-refractivity contribution in [2.45, 2.75) is 4.21 Å². The molecule has 0 saturated carbocycles. The van der Waals surface area contributed by atoms with Crippen molar-refractivity contribution in [1.82, 2.24) is 0 Å². The van der Waals surface area contributed by atoms with Gasteiger partial charge in [-0.25, -0.2) is 0 Å². The van der Waals surface area contributed by atoms with Gasteiger partial charge in [0.2, 0.25) is 0 Å². The van der Waals surface area contributed by atoms with Crippen molar-refractivity contribution in [2.24, 2.45) is 0 Å². The molecule has 0 aliphatic heterocycles. The van der Waals surface area contributed by atoms with Crippen molar-refractivity contribution in [3.63, 3.8) is 0 Å². The summed E-state index contributed by atoms with van der Waals surface area (Å²) in [5, 5.41) is 1.59. The normalized spacial score (nSPS) is 10.5. The molecule has 1 N–H and O–H groups in total. The number of thiophene rings is 1. The van der Waals surface area contributed by atoms with Crippen molar-refractivity contribution in [3.05, 3.63) is 17.5 Å². The Labute approximate surface area is 85.1 Å². The van der Waals surface area contributed by atoms with E-state index in [9.17, 15) is 8.42 Å². The minimum Gasteiger partial charge on any atom is -0.281 e. The van der Waals surface area contributed by atoms with Gasteiger partial charge < -0.3 is 0 Å². The predicted molar refractivity (Wildman–Crippen MR) is 39.9 cm³/mol. The molecule has 0 fully saturated rings. The third-order valence-corrected chi connectivity index (χ3v) is 2.98. The van der Waals surface area contributed by atoms with E-state index in [4.69, 9.17) is 4.55 Å². The van der Waals surface area contributed by atoms with E-state index in [2.05, 4.69) is 0 Å². The van der Waals surface area contributed by atoms with E-state index >= 15 is 0 Å². The Kier molecular flexibility index (Phi) is 4.08. The van der Waals surface area contributed by atoms with E-state index in [1.807, 2.05) is 0 Å². The molecule has 1 rings (SSSR count). The van der Waals surface area contributed by atoms with Crippen molar-refractivity contribution in [1.29, 1.82) is 0 Å². The van der Waals surface area contributed by atoms with Crippen molar-refractivity contribution in [3.8, 4) is 0 Å². The number of hydrogen-bond donors (Lipinski definition) is 1. The first-order valence-corrected chi connectivity index (χ1v) is 4.43. The second kappa shape index (κ2) is 3.85. The Morgan fingerprint density at radius 1 is 1.50 bits per heavy atom. The summed E-state index contributed by atoms with van der Waals surface area (Å²) in [6, 6.07) is 2.91. The molecule has 0 aliphatic rings. The van der Waals surface area contributed by atoms with Gasteiger partial charge in [0, 0.05) is 29.6 Å². The second-order valence-corrected chi connectivity index (χ2v) is 4.00. The molecular formula is C4H4NaO3S2. The molecule has 1 aromatic heterocycles. The zero-order chi connectivity index (χ0) is 6.91. The zero-order valence-corrected chi connectivity index (χ0v) is 8.95. The molecule has 1 heterocycles. The molecule has 1 aromatic rings. The summed E-state index contributed by atoms with van der Waals surface area (Å²) in [6.07, 6.45) is 0. The smallest absolute Gasteiger partial charge is 0.281 e. The third-order valence-electron chi connectivity index (χ3n) is 0.749. The number of hydrogen-bond acceptors (Lipinski definition) is 3. The molecule has 6 heteroatoms. The predicted octanol–water partition coefficient (Wildman–Crippen LogP) is 0.614. The first kappa shape index (κ1) is 10.6. The first-order chi connectivity index (χ1) is 4.11. The molecule has 1 radical (unpaired) electrons. The summed E-state index contributed by atoms with van der Waals surface area (Å²) in [4.78, 5) is 0. The molecule has 0 atom stereocenters. The summed E-state index contributed by atoms with van der Waals surface area (Å²) in [5.74, 6) is 0. The maximum atomic E-state index is 10.3. The topological polar surface area (TPSA) is 54.4 Å². The van der Waals surface area contributed by atoms with Crippen LogP contribution >= 0.6 is 11.3 Å². The van der Waals surface area contributed by atoms with Gasteiger partial charge in [0.05, 0.1) is 0 Å². The largest absolute Gasteiger partial charge is 0.304 e. The van der Waals surface area contributed by atoms with E-state index in [-0.39, 0.29) is 33.8 Å². The van der Waals surface area contributed by atoms with Gasteiger partial charge in [0.25, 0.3) is 0 Å². The van der Waals surface area contributed by atoms with E-state index in [1.165, 1.54) is 6.07 Å². The van der Waals surface area contributed by atoms with Crippen LogP contribution in [0.2, 0.25) is 0 Å². The second-order valence-electron chi connectivity index (χ2n) is 1.41. The van der Waals surface area contributed by atoms with Gasteiger partial charge in [-0.3, -0.25) is 4.55 Å². The molecule has 10 heavy (non-hydrogen) atoms. The van der Waals surface area contributed by atoms with Crippen LogP contribution in [0.25, 0.3) is 0 Å². The van der Waals surface area contributed by atoms with Crippen LogP contribution in [0, 0.1) is 0 Å². The fourth-order valence-corrected chi connectivity index (χ4v) is 1.76. The summed E-state index contributed by atoms with van der Waals surface area (Å²) in [5.41, 5.74) is 0. The van der Waals surface area contributed by atoms with E-state index in [1.54, 1.807) is 11.4 Å². The monoisotopic (exact) mass is 187 g/mol. The van der Waals surface area contributed by atoms with Crippen LogP contribution in [0.5, 0.6) is 0 Å². The van der Waals surface area contributed by atoms with Crippen LogP contribution in [-0.4, -0.2) is 42.5 Å². The van der Waals surface area contributed by atoms with Crippen LogP contribution in [-0.2, 0) is 10.1 Å². The van der Waals surface area contributed by atoms with Gasteiger partial charge in [-0.05, 0) is 11.4 Å². The summed E-state index contributed by atoms with van der Waals surface area (Å²) < 4.78 is 28.9. The number of rotatable bonds is 1. The Balaban J connectivity index is 0.000000810. The Hall–Kier alpha value is 0.610. The molecule has 0 spiro atoms. The van der Waals surface area contributed by atoms with Gasteiger partial charge >= 0.3 is 10.1 Å². The average molecular weight is 187 g/mol. The zero-order valence-electron chi connectivity index (χ0n) is 5.31. The Morgan fingerprint density at radius 3 is 2.30 bits per heavy atom. The van der Waals surface area contributed by atoms with E-state index < -0.39 is 10.1 Å². The van der Waals surface area contributed by atoms with Crippen LogP contribution < -0.4 is 0 Å². The van der Waals surface area contributed by atoms with Gasteiger partial charge in [-0.15, -0.1) is 11.3 Å². The Bertz CT molecular complexity index is 275. The van der Waals surface area contributed by atoms with Gasteiger partial charge in [-0.2, -0.15) is 8.42 Å². The summed E-state index contributed by atoms with van der Waals surface area (Å²) in [7, 11) is -3.94. The maximum Gasteiger partial charge on any atom is 0.304 e. The fraction of sp³-hybridized carbons (Fsp3) is 0. The fourth-order valence-electron chi connectivity index (χ4n) is 0.410. The van der Waals surface area contributed by atoms with Crippen molar-refractivity contribution in [2.75, 3.05) is 0 Å². The molecule has 0 amide bonds. The average Bonchev–Trinajstić information content (AvgIpc) is 2.08. The van der Waals surface area contributed by atoms with Gasteiger partial charge in [-0.1, -0.05) is 6.07 Å². The van der Waals surface area contributed by atoms with Gasteiger partial charge in [0.15, 0.2) is 0 Å². The summed E-state index contributed by atoms with van der Waals surface area (Å²) >= 11 is 0.992.